The third kappa shape index (κ3) is 3.77. The molecule has 1 N–H and O–H groups in total. The van der Waals surface area contributed by atoms with Crippen LogP contribution < -0.4 is 0 Å². The zero-order valence-electron chi connectivity index (χ0n) is 7.70. The Morgan fingerprint density at radius 3 is 2.67 bits per heavy atom. The number of phenols is 1. The number of hydrogen-bond acceptors (Lipinski definition) is 4. The van der Waals surface area contributed by atoms with Gasteiger partial charge in [-0.2, -0.15) is 8.42 Å². The van der Waals surface area contributed by atoms with Crippen LogP contribution in [0.5, 0.6) is 5.75 Å². The molecule has 0 heterocycles. The summed E-state index contributed by atoms with van der Waals surface area (Å²) in [6, 6.07) is 2.14. The molecule has 15 heavy (non-hydrogen) atoms. The zero-order chi connectivity index (χ0) is 11.6. The second kappa shape index (κ2) is 4.46. The van der Waals surface area contributed by atoms with E-state index in [2.05, 4.69) is 20.1 Å². The van der Waals surface area contributed by atoms with Gasteiger partial charge in [0.05, 0.1) is 17.3 Å². The minimum atomic E-state index is -3.61. The minimum Gasteiger partial charge on any atom is -0.508 e. The Kier molecular flexibility index (Phi) is 3.69. The normalized spacial score (nSPS) is 11.7. The fourth-order valence-electron chi connectivity index (χ4n) is 0.864. The highest BCUT2D eigenvalue weighted by Crippen LogP contribution is 2.26. The fourth-order valence-corrected chi connectivity index (χ4v) is 1.54. The lowest BCUT2D eigenvalue weighted by Crippen LogP contribution is -2.03. The van der Waals surface area contributed by atoms with Gasteiger partial charge in [-0.05, 0) is 28.1 Å². The van der Waals surface area contributed by atoms with Crippen molar-refractivity contribution in [1.29, 1.82) is 0 Å². The third-order valence-corrected chi connectivity index (χ3v) is 2.70. The van der Waals surface area contributed by atoms with Crippen molar-refractivity contribution in [3.05, 3.63) is 28.0 Å². The number of phenolic OH excluding ortho intramolecular Hbond substituents is 1. The van der Waals surface area contributed by atoms with Crippen LogP contribution in [0.25, 0.3) is 0 Å². The maximum atomic E-state index is 13.0. The van der Waals surface area contributed by atoms with E-state index >= 15 is 0 Å². The lowest BCUT2D eigenvalue weighted by molar-refractivity contribution is 0.304. The zero-order valence-corrected chi connectivity index (χ0v) is 10.1. The highest BCUT2D eigenvalue weighted by Gasteiger charge is 2.10. The monoisotopic (exact) mass is 298 g/mol. The predicted octanol–water partition coefficient (Wildman–Crippen LogP) is 1.77. The molecule has 0 unspecified atom stereocenters. The van der Waals surface area contributed by atoms with Gasteiger partial charge >= 0.3 is 0 Å². The molecule has 0 aliphatic carbocycles. The maximum absolute atomic E-state index is 13.0. The van der Waals surface area contributed by atoms with Crippen LogP contribution in [0, 0.1) is 5.82 Å². The van der Waals surface area contributed by atoms with Gasteiger partial charge in [-0.1, -0.05) is 0 Å². The molecule has 0 saturated heterocycles. The smallest absolute Gasteiger partial charge is 0.264 e. The fraction of sp³-hybridized carbons (Fsp3) is 0.250. The largest absolute Gasteiger partial charge is 0.508 e. The Labute approximate surface area is 94.9 Å². The topological polar surface area (TPSA) is 63.6 Å². The standard InChI is InChI=1S/C8H8BrFO4S/c1-15(12,13)14-4-5-2-7(10)6(9)3-8(5)11/h2-3,11H,4H2,1H3. The van der Waals surface area contributed by atoms with Crippen LogP contribution in [-0.2, 0) is 20.9 Å². The summed E-state index contributed by atoms with van der Waals surface area (Å²) in [6.45, 7) is -0.394. The third-order valence-electron chi connectivity index (χ3n) is 1.55. The molecular formula is C8H8BrFO4S. The van der Waals surface area contributed by atoms with Gasteiger partial charge in [0.1, 0.15) is 11.6 Å². The van der Waals surface area contributed by atoms with Crippen molar-refractivity contribution >= 4 is 26.0 Å². The molecular weight excluding hydrogens is 291 g/mol. The summed E-state index contributed by atoms with van der Waals surface area (Å²) in [5.74, 6) is -0.827. The molecule has 0 aliphatic heterocycles. The van der Waals surface area contributed by atoms with Crippen molar-refractivity contribution < 1.29 is 22.1 Å². The minimum absolute atomic E-state index is 0.0705. The molecule has 0 fully saturated rings. The van der Waals surface area contributed by atoms with E-state index in [-0.39, 0.29) is 15.8 Å². The van der Waals surface area contributed by atoms with Crippen LogP contribution in [0.4, 0.5) is 4.39 Å². The molecule has 4 nitrogen and oxygen atoms in total. The van der Waals surface area contributed by atoms with Crippen LogP contribution >= 0.6 is 15.9 Å². The maximum Gasteiger partial charge on any atom is 0.264 e. The highest BCUT2D eigenvalue weighted by atomic mass is 79.9. The molecule has 0 bridgehead atoms. The summed E-state index contributed by atoms with van der Waals surface area (Å²) in [5, 5.41) is 9.34. The lowest BCUT2D eigenvalue weighted by atomic mass is 10.2. The first-order valence-electron chi connectivity index (χ1n) is 3.81. The van der Waals surface area contributed by atoms with Gasteiger partial charge in [-0.15, -0.1) is 0 Å². The van der Waals surface area contributed by atoms with Crippen molar-refractivity contribution in [2.75, 3.05) is 6.26 Å². The number of rotatable bonds is 3. The second-order valence-electron chi connectivity index (χ2n) is 2.86. The number of aromatic hydroxyl groups is 1. The molecule has 0 aromatic heterocycles. The van der Waals surface area contributed by atoms with E-state index < -0.39 is 22.5 Å². The molecule has 0 radical (unpaired) electrons. The average molecular weight is 299 g/mol. The van der Waals surface area contributed by atoms with Gasteiger partial charge in [0.25, 0.3) is 10.1 Å². The first-order chi connectivity index (χ1) is 6.79. The Hall–Kier alpha value is -0.660. The van der Waals surface area contributed by atoms with E-state index in [1.165, 1.54) is 0 Å². The Morgan fingerprint density at radius 2 is 2.13 bits per heavy atom. The summed E-state index contributed by atoms with van der Waals surface area (Å²) >= 11 is 2.88. The first-order valence-corrected chi connectivity index (χ1v) is 6.42. The molecule has 84 valence electrons. The SMILES string of the molecule is CS(=O)(=O)OCc1cc(F)c(Br)cc1O. The highest BCUT2D eigenvalue weighted by molar-refractivity contribution is 9.10. The lowest BCUT2D eigenvalue weighted by Gasteiger charge is -2.05. The summed E-state index contributed by atoms with van der Waals surface area (Å²) in [7, 11) is -3.61. The van der Waals surface area contributed by atoms with E-state index in [4.69, 9.17) is 0 Å². The van der Waals surface area contributed by atoms with Crippen molar-refractivity contribution in [3.8, 4) is 5.75 Å². The van der Waals surface area contributed by atoms with Gasteiger partial charge in [-0.3, -0.25) is 4.18 Å². The summed E-state index contributed by atoms with van der Waals surface area (Å²) in [5.41, 5.74) is 0.0705. The molecule has 7 heteroatoms. The average Bonchev–Trinajstić information content (AvgIpc) is 2.07. The molecule has 0 saturated carbocycles. The van der Waals surface area contributed by atoms with Crippen molar-refractivity contribution in [2.45, 2.75) is 6.61 Å². The van der Waals surface area contributed by atoms with Crippen LogP contribution in [0.2, 0.25) is 0 Å². The van der Waals surface area contributed by atoms with Crippen LogP contribution in [-0.4, -0.2) is 19.8 Å². The Balaban J connectivity index is 2.91. The van der Waals surface area contributed by atoms with Crippen LogP contribution in [0.3, 0.4) is 0 Å². The van der Waals surface area contributed by atoms with Crippen LogP contribution in [0.1, 0.15) is 5.56 Å². The van der Waals surface area contributed by atoms with Crippen molar-refractivity contribution in [2.24, 2.45) is 0 Å². The van der Waals surface area contributed by atoms with Crippen LogP contribution in [0.15, 0.2) is 16.6 Å². The predicted molar refractivity (Wildman–Crippen MR) is 55.4 cm³/mol. The van der Waals surface area contributed by atoms with Crippen molar-refractivity contribution in [3.63, 3.8) is 0 Å². The Bertz CT molecular complexity index is 472. The summed E-state index contributed by atoms with van der Waals surface area (Å²) in [4.78, 5) is 0. The van der Waals surface area contributed by atoms with E-state index in [0.29, 0.717) is 0 Å². The van der Waals surface area contributed by atoms with Gasteiger partial charge in [0.2, 0.25) is 0 Å². The Morgan fingerprint density at radius 1 is 1.53 bits per heavy atom. The van der Waals surface area contributed by atoms with Gasteiger partial charge in [0, 0.05) is 5.56 Å². The summed E-state index contributed by atoms with van der Waals surface area (Å²) in [6.07, 6.45) is 0.874. The quantitative estimate of drug-likeness (QED) is 0.864. The molecule has 0 atom stereocenters. The molecule has 1 aromatic carbocycles. The van der Waals surface area contributed by atoms with E-state index in [9.17, 15) is 17.9 Å². The molecule has 0 amide bonds. The van der Waals surface area contributed by atoms with Gasteiger partial charge in [0.15, 0.2) is 0 Å². The molecule has 0 aliphatic rings. The molecule has 1 aromatic rings. The first kappa shape index (κ1) is 12.4. The number of hydrogen-bond donors (Lipinski definition) is 1. The number of benzene rings is 1. The van der Waals surface area contributed by atoms with Crippen molar-refractivity contribution in [1.82, 2.24) is 0 Å². The molecule has 0 spiro atoms. The van der Waals surface area contributed by atoms with E-state index in [1.54, 1.807) is 0 Å². The van der Waals surface area contributed by atoms with Gasteiger partial charge in [-0.25, -0.2) is 4.39 Å². The van der Waals surface area contributed by atoms with E-state index in [0.717, 1.165) is 18.4 Å². The molecule has 1 rings (SSSR count). The van der Waals surface area contributed by atoms with E-state index in [1.807, 2.05) is 0 Å². The number of halogens is 2. The summed E-state index contributed by atoms with van der Waals surface area (Å²) < 4.78 is 38.9. The van der Waals surface area contributed by atoms with Gasteiger partial charge < -0.3 is 5.11 Å². The second-order valence-corrected chi connectivity index (χ2v) is 5.36.